The quantitative estimate of drug-likeness (QED) is 0.621. The predicted molar refractivity (Wildman–Crippen MR) is 88.1 cm³/mol. The van der Waals surface area contributed by atoms with E-state index in [1.165, 1.54) is 11.3 Å². The summed E-state index contributed by atoms with van der Waals surface area (Å²) < 4.78 is 1.79. The average Bonchev–Trinajstić information content (AvgIpc) is 3.21. The van der Waals surface area contributed by atoms with Gasteiger partial charge in [-0.05, 0) is 29.9 Å². The largest absolute Gasteiger partial charge is 0.282 e. The lowest BCUT2D eigenvalue weighted by Crippen LogP contribution is -1.93. The molecule has 0 spiro atoms. The number of fused-ring (bicyclic) bond motifs is 1. The van der Waals surface area contributed by atoms with Crippen LogP contribution >= 0.6 is 22.7 Å². The van der Waals surface area contributed by atoms with Crippen molar-refractivity contribution in [3.05, 3.63) is 29.3 Å². The van der Waals surface area contributed by atoms with E-state index in [4.69, 9.17) is 0 Å². The zero-order valence-electron chi connectivity index (χ0n) is 12.1. The molecule has 22 heavy (non-hydrogen) atoms. The molecule has 0 unspecified atom stereocenters. The molecule has 0 bridgehead atoms. The fourth-order valence-electron chi connectivity index (χ4n) is 2.30. The highest BCUT2D eigenvalue weighted by Crippen LogP contribution is 2.29. The minimum Gasteiger partial charge on any atom is -0.282 e. The van der Waals surface area contributed by atoms with Crippen LogP contribution in [0.5, 0.6) is 0 Å². The number of thiophene rings is 1. The van der Waals surface area contributed by atoms with Gasteiger partial charge < -0.3 is 0 Å². The highest BCUT2D eigenvalue weighted by Gasteiger charge is 2.16. The first-order valence-electron chi connectivity index (χ1n) is 7.01. The number of nitrogens with one attached hydrogen (secondary N) is 1. The van der Waals surface area contributed by atoms with Gasteiger partial charge in [-0.2, -0.15) is 14.7 Å². The fourth-order valence-corrected chi connectivity index (χ4v) is 3.79. The number of nitrogens with zero attached hydrogens (tertiary/aromatic N) is 5. The Bertz CT molecular complexity index is 899. The Balaban J connectivity index is 1.72. The van der Waals surface area contributed by atoms with E-state index in [1.807, 2.05) is 17.5 Å². The maximum absolute atomic E-state index is 4.63. The van der Waals surface area contributed by atoms with Crippen LogP contribution in [0.25, 0.3) is 26.4 Å². The summed E-state index contributed by atoms with van der Waals surface area (Å²) in [7, 11) is 0. The van der Waals surface area contributed by atoms with Crippen molar-refractivity contribution in [3.63, 3.8) is 0 Å². The van der Waals surface area contributed by atoms with Crippen molar-refractivity contribution in [2.75, 3.05) is 0 Å². The molecule has 0 aliphatic rings. The lowest BCUT2D eigenvalue weighted by atomic mass is 10.1. The number of hydrogen-bond acceptors (Lipinski definition) is 6. The van der Waals surface area contributed by atoms with Crippen LogP contribution in [-0.4, -0.2) is 30.0 Å². The van der Waals surface area contributed by atoms with Crippen LogP contribution in [0.15, 0.2) is 23.6 Å². The number of rotatable bonds is 4. The number of aromatic amines is 1. The van der Waals surface area contributed by atoms with Crippen molar-refractivity contribution in [1.82, 2.24) is 30.0 Å². The summed E-state index contributed by atoms with van der Waals surface area (Å²) in [6.07, 6.45) is 0.984. The zero-order chi connectivity index (χ0) is 15.1. The molecule has 0 atom stereocenters. The molecule has 0 aliphatic carbocycles. The van der Waals surface area contributed by atoms with E-state index in [2.05, 4.69) is 45.4 Å². The Morgan fingerprint density at radius 3 is 3.00 bits per heavy atom. The van der Waals surface area contributed by atoms with Gasteiger partial charge in [-0.1, -0.05) is 31.3 Å². The van der Waals surface area contributed by atoms with Gasteiger partial charge in [0.05, 0.1) is 4.88 Å². The van der Waals surface area contributed by atoms with Crippen LogP contribution in [0, 0.1) is 5.92 Å². The number of aromatic nitrogens is 6. The minimum atomic E-state index is 0.594. The van der Waals surface area contributed by atoms with Crippen molar-refractivity contribution in [1.29, 1.82) is 0 Å². The third-order valence-corrected chi connectivity index (χ3v) is 5.00. The minimum absolute atomic E-state index is 0.594. The summed E-state index contributed by atoms with van der Waals surface area (Å²) in [4.78, 5) is 1.85. The van der Waals surface area contributed by atoms with Gasteiger partial charge in [0.1, 0.15) is 5.69 Å². The van der Waals surface area contributed by atoms with Crippen molar-refractivity contribution < 1.29 is 0 Å². The third-order valence-electron chi connectivity index (χ3n) is 3.21. The molecule has 112 valence electrons. The molecule has 8 heteroatoms. The molecular formula is C14H14N6S2. The van der Waals surface area contributed by atoms with Gasteiger partial charge in [-0.25, -0.2) is 0 Å². The third kappa shape index (κ3) is 2.34. The van der Waals surface area contributed by atoms with Crippen molar-refractivity contribution >= 4 is 27.6 Å². The molecule has 0 fully saturated rings. The van der Waals surface area contributed by atoms with E-state index in [9.17, 15) is 0 Å². The molecule has 4 rings (SSSR count). The van der Waals surface area contributed by atoms with Gasteiger partial charge in [-0.15, -0.1) is 21.5 Å². The molecule has 1 N–H and O–H groups in total. The second-order valence-electron chi connectivity index (χ2n) is 5.48. The zero-order valence-corrected chi connectivity index (χ0v) is 13.8. The molecule has 0 aliphatic heterocycles. The van der Waals surface area contributed by atoms with Crippen molar-refractivity contribution in [2.24, 2.45) is 5.92 Å². The maximum Gasteiger partial charge on any atom is 0.235 e. The Hall–Kier alpha value is -2.06. The molecule has 4 aromatic heterocycles. The number of hydrogen-bond donors (Lipinski definition) is 1. The van der Waals surface area contributed by atoms with Crippen LogP contribution in [0.3, 0.4) is 0 Å². The van der Waals surface area contributed by atoms with Gasteiger partial charge in [-0.3, -0.25) is 5.10 Å². The summed E-state index contributed by atoms with van der Waals surface area (Å²) in [5, 5.41) is 23.4. The first-order valence-corrected chi connectivity index (χ1v) is 8.71. The number of H-pyrrole nitrogens is 1. The molecule has 0 amide bonds. The van der Waals surface area contributed by atoms with Crippen LogP contribution in [0.1, 0.15) is 19.5 Å². The Kier molecular flexibility index (Phi) is 3.27. The topological polar surface area (TPSA) is 71.8 Å². The average molecular weight is 330 g/mol. The van der Waals surface area contributed by atoms with Crippen molar-refractivity contribution in [2.45, 2.75) is 20.3 Å². The summed E-state index contributed by atoms with van der Waals surface area (Å²) in [6, 6.07) is 6.09. The lowest BCUT2D eigenvalue weighted by Gasteiger charge is -1.98. The Morgan fingerprint density at radius 1 is 1.32 bits per heavy atom. The van der Waals surface area contributed by atoms with E-state index in [1.54, 1.807) is 15.9 Å². The first-order chi connectivity index (χ1) is 10.7. The smallest absolute Gasteiger partial charge is 0.235 e. The second kappa shape index (κ2) is 5.29. The van der Waals surface area contributed by atoms with Gasteiger partial charge in [0.15, 0.2) is 10.8 Å². The summed E-state index contributed by atoms with van der Waals surface area (Å²) in [6.45, 7) is 4.38. The normalized spacial score (nSPS) is 11.8. The molecule has 0 aromatic carbocycles. The van der Waals surface area contributed by atoms with Crippen molar-refractivity contribution in [3.8, 4) is 21.4 Å². The van der Waals surface area contributed by atoms with E-state index >= 15 is 0 Å². The maximum atomic E-state index is 4.63. The van der Waals surface area contributed by atoms with E-state index in [0.717, 1.165) is 38.5 Å². The van der Waals surface area contributed by atoms with Crippen LogP contribution < -0.4 is 0 Å². The summed E-state index contributed by atoms with van der Waals surface area (Å²) in [5.41, 5.74) is 2.00. The Morgan fingerprint density at radius 2 is 2.23 bits per heavy atom. The van der Waals surface area contributed by atoms with Gasteiger partial charge >= 0.3 is 0 Å². The van der Waals surface area contributed by atoms with Crippen LogP contribution in [0.4, 0.5) is 0 Å². The van der Waals surface area contributed by atoms with E-state index < -0.39 is 0 Å². The second-order valence-corrected chi connectivity index (χ2v) is 7.38. The van der Waals surface area contributed by atoms with Gasteiger partial charge in [0.2, 0.25) is 4.96 Å². The first kappa shape index (κ1) is 13.6. The summed E-state index contributed by atoms with van der Waals surface area (Å²) in [5.74, 6) is 1.38. The van der Waals surface area contributed by atoms with Gasteiger partial charge in [0.25, 0.3) is 0 Å². The Labute approximate surface area is 134 Å². The molecule has 0 saturated carbocycles. The van der Waals surface area contributed by atoms with Gasteiger partial charge in [0, 0.05) is 5.69 Å². The molecule has 4 heterocycles. The van der Waals surface area contributed by atoms with Crippen LogP contribution in [0.2, 0.25) is 0 Å². The highest BCUT2D eigenvalue weighted by molar-refractivity contribution is 7.19. The molecule has 6 nitrogen and oxygen atoms in total. The SMILES string of the molecule is CC(C)Cc1cc(-c2nn3c(-c4cccs4)nnc3s2)n[nH]1. The van der Waals surface area contributed by atoms with Crippen LogP contribution in [-0.2, 0) is 6.42 Å². The highest BCUT2D eigenvalue weighted by atomic mass is 32.1. The molecule has 0 saturated heterocycles. The fraction of sp³-hybridized carbons (Fsp3) is 0.286. The predicted octanol–water partition coefficient (Wildman–Crippen LogP) is 3.50. The summed E-state index contributed by atoms with van der Waals surface area (Å²) >= 11 is 3.13. The standard InChI is InChI=1S/C14H14N6S2/c1-8(2)6-9-7-10(16-15-9)13-19-20-12(11-4-3-5-21-11)17-18-14(20)22-13/h3-5,7-8H,6H2,1-2H3,(H,15,16). The molecular weight excluding hydrogens is 316 g/mol. The molecule has 4 aromatic rings. The monoisotopic (exact) mass is 330 g/mol. The van der Waals surface area contributed by atoms with E-state index in [-0.39, 0.29) is 0 Å². The van der Waals surface area contributed by atoms with E-state index in [0.29, 0.717) is 5.92 Å². The molecule has 0 radical (unpaired) electrons. The lowest BCUT2D eigenvalue weighted by molar-refractivity contribution is 0.633.